The normalized spacial score (nSPS) is 10.5. The molecule has 0 spiro atoms. The molecule has 3 N–H and O–H groups in total. The Hall–Kier alpha value is -2.84. The van der Waals surface area contributed by atoms with Crippen molar-refractivity contribution in [3.05, 3.63) is 59.7 Å². The predicted octanol–water partition coefficient (Wildman–Crippen LogP) is 3.51. The molecular formula is C24H34N4O3S. The topological polar surface area (TPSA) is 74.9 Å². The van der Waals surface area contributed by atoms with Gasteiger partial charge >= 0.3 is 0 Å². The van der Waals surface area contributed by atoms with E-state index in [4.69, 9.17) is 21.7 Å². The van der Waals surface area contributed by atoms with Crippen molar-refractivity contribution in [2.45, 2.75) is 33.8 Å². The Morgan fingerprint density at radius 2 is 1.66 bits per heavy atom. The van der Waals surface area contributed by atoms with E-state index < -0.39 is 0 Å². The molecule has 0 bridgehead atoms. The summed E-state index contributed by atoms with van der Waals surface area (Å²) in [5.41, 5.74) is 6.80. The van der Waals surface area contributed by atoms with Crippen molar-refractivity contribution in [3.63, 3.8) is 0 Å². The van der Waals surface area contributed by atoms with Crippen molar-refractivity contribution in [3.8, 4) is 11.5 Å². The van der Waals surface area contributed by atoms with E-state index in [9.17, 15) is 4.79 Å². The number of carbonyl (C=O) groups excluding carboxylic acids is 1. The van der Waals surface area contributed by atoms with Crippen LogP contribution >= 0.6 is 12.2 Å². The summed E-state index contributed by atoms with van der Waals surface area (Å²) in [6, 6.07) is 14.8. The highest BCUT2D eigenvalue weighted by Crippen LogP contribution is 2.19. The third kappa shape index (κ3) is 9.11. The van der Waals surface area contributed by atoms with Crippen molar-refractivity contribution >= 4 is 23.2 Å². The van der Waals surface area contributed by atoms with Crippen molar-refractivity contribution in [2.24, 2.45) is 0 Å². The van der Waals surface area contributed by atoms with Crippen LogP contribution in [0.4, 0.5) is 0 Å². The molecule has 0 saturated carbocycles. The molecule has 0 saturated heterocycles. The second-order valence-electron chi connectivity index (χ2n) is 7.11. The molecule has 0 unspecified atom stereocenters. The lowest BCUT2D eigenvalue weighted by molar-refractivity contribution is 0.0943. The molecule has 0 aromatic heterocycles. The number of nitrogens with zero attached hydrogens (tertiary/aromatic N) is 1. The quantitative estimate of drug-likeness (QED) is 0.255. The second kappa shape index (κ2) is 14.3. The second-order valence-corrected chi connectivity index (χ2v) is 7.52. The summed E-state index contributed by atoms with van der Waals surface area (Å²) in [5.74, 6) is 1.28. The fourth-order valence-corrected chi connectivity index (χ4v) is 3.20. The first-order valence-electron chi connectivity index (χ1n) is 11.1. The summed E-state index contributed by atoms with van der Waals surface area (Å²) in [7, 11) is 0. The molecule has 0 aliphatic rings. The maximum absolute atomic E-state index is 12.4. The van der Waals surface area contributed by atoms with E-state index in [1.54, 1.807) is 12.1 Å². The van der Waals surface area contributed by atoms with Gasteiger partial charge in [0.2, 0.25) is 0 Å². The Bertz CT molecular complexity index is 841. The number of thiocarbonyl (C=S) groups is 1. The summed E-state index contributed by atoms with van der Waals surface area (Å²) in [5, 5.41) is 3.50. The maximum Gasteiger partial charge on any atom is 0.269 e. The van der Waals surface area contributed by atoms with Gasteiger partial charge < -0.3 is 19.7 Å². The molecule has 32 heavy (non-hydrogen) atoms. The molecule has 2 rings (SSSR count). The number of nitrogens with one attached hydrogen (secondary N) is 3. The smallest absolute Gasteiger partial charge is 0.269 e. The van der Waals surface area contributed by atoms with Crippen molar-refractivity contribution < 1.29 is 14.3 Å². The summed E-state index contributed by atoms with van der Waals surface area (Å²) < 4.78 is 11.2. The molecule has 0 radical (unpaired) electrons. The van der Waals surface area contributed by atoms with Crippen molar-refractivity contribution in [1.82, 2.24) is 21.1 Å². The number of hydrazine groups is 1. The number of amides is 1. The van der Waals surface area contributed by atoms with Crippen LogP contribution < -0.4 is 25.6 Å². The minimum atomic E-state index is -0.264. The van der Waals surface area contributed by atoms with Gasteiger partial charge in [-0.1, -0.05) is 26.0 Å². The standard InChI is InChI=1S/C24H34N4O3S/c1-4-28(5-2)16-8-15-25-24(32)27-26-23(29)20-10-7-9-19(17-20)18-31-22-13-11-21(12-14-22)30-6-3/h7,9-14,17H,4-6,8,15-16,18H2,1-3H3,(H,26,29)(H2,25,27,32). The Labute approximate surface area is 196 Å². The Kier molecular flexibility index (Phi) is 11.3. The highest BCUT2D eigenvalue weighted by molar-refractivity contribution is 7.80. The Morgan fingerprint density at radius 1 is 0.969 bits per heavy atom. The van der Waals surface area contributed by atoms with E-state index in [1.807, 2.05) is 43.3 Å². The lowest BCUT2D eigenvalue weighted by Gasteiger charge is -2.18. The fraction of sp³-hybridized carbons (Fsp3) is 0.417. The number of hydrogen-bond acceptors (Lipinski definition) is 5. The molecule has 174 valence electrons. The molecule has 0 atom stereocenters. The van der Waals surface area contributed by atoms with Gasteiger partial charge in [0.25, 0.3) is 5.91 Å². The minimum absolute atomic E-state index is 0.264. The van der Waals surface area contributed by atoms with E-state index in [0.717, 1.165) is 49.7 Å². The zero-order valence-corrected chi connectivity index (χ0v) is 20.0. The molecule has 0 aliphatic heterocycles. The van der Waals surface area contributed by atoms with E-state index in [0.29, 0.717) is 23.9 Å². The SMILES string of the molecule is CCOc1ccc(OCc2cccc(C(=O)NNC(=S)NCCCN(CC)CC)c2)cc1. The van der Waals surface area contributed by atoms with Crippen molar-refractivity contribution in [1.29, 1.82) is 0 Å². The molecule has 0 fully saturated rings. The highest BCUT2D eigenvalue weighted by atomic mass is 32.1. The van der Waals surface area contributed by atoms with Crippen LogP contribution in [-0.2, 0) is 6.61 Å². The molecule has 2 aromatic carbocycles. The van der Waals surface area contributed by atoms with E-state index in [1.165, 1.54) is 0 Å². The molecular weight excluding hydrogens is 424 g/mol. The first-order valence-corrected chi connectivity index (χ1v) is 11.5. The average molecular weight is 459 g/mol. The largest absolute Gasteiger partial charge is 0.494 e. The molecule has 0 heterocycles. The number of ether oxygens (including phenoxy) is 2. The van der Waals surface area contributed by atoms with Gasteiger partial charge in [-0.15, -0.1) is 0 Å². The molecule has 2 aromatic rings. The van der Waals surface area contributed by atoms with Crippen molar-refractivity contribution in [2.75, 3.05) is 32.8 Å². The number of benzene rings is 2. The van der Waals surface area contributed by atoms with Gasteiger partial charge in [0.1, 0.15) is 18.1 Å². The Balaban J connectivity index is 1.74. The van der Waals surface area contributed by atoms with Crippen LogP contribution in [-0.4, -0.2) is 48.7 Å². The van der Waals surface area contributed by atoms with E-state index in [2.05, 4.69) is 34.9 Å². The monoisotopic (exact) mass is 458 g/mol. The van der Waals surface area contributed by atoms with Gasteiger partial charge in [0, 0.05) is 12.1 Å². The lowest BCUT2D eigenvalue weighted by atomic mass is 10.1. The molecule has 8 heteroatoms. The molecule has 0 aliphatic carbocycles. The zero-order valence-electron chi connectivity index (χ0n) is 19.1. The number of hydrogen-bond donors (Lipinski definition) is 3. The van der Waals surface area contributed by atoms with Gasteiger partial charge in [-0.2, -0.15) is 0 Å². The van der Waals surface area contributed by atoms with Gasteiger partial charge in [-0.3, -0.25) is 15.6 Å². The van der Waals surface area contributed by atoms with Crippen LogP contribution in [0.15, 0.2) is 48.5 Å². The van der Waals surface area contributed by atoms with Gasteiger partial charge in [-0.05, 0) is 87.2 Å². The predicted molar refractivity (Wildman–Crippen MR) is 132 cm³/mol. The fourth-order valence-electron chi connectivity index (χ4n) is 3.04. The maximum atomic E-state index is 12.4. The van der Waals surface area contributed by atoms with E-state index >= 15 is 0 Å². The van der Waals surface area contributed by atoms with Crippen LogP contribution in [0.3, 0.4) is 0 Å². The first kappa shape index (κ1) is 25.4. The molecule has 7 nitrogen and oxygen atoms in total. The average Bonchev–Trinajstić information content (AvgIpc) is 2.82. The molecule has 1 amide bonds. The van der Waals surface area contributed by atoms with Crippen LogP contribution in [0, 0.1) is 0 Å². The van der Waals surface area contributed by atoms with Gasteiger partial charge in [0.15, 0.2) is 5.11 Å². The summed E-state index contributed by atoms with van der Waals surface area (Å²) in [6.07, 6.45) is 0.980. The first-order chi connectivity index (χ1) is 15.5. The third-order valence-electron chi connectivity index (χ3n) is 4.85. The van der Waals surface area contributed by atoms with Gasteiger partial charge in [-0.25, -0.2) is 0 Å². The lowest BCUT2D eigenvalue weighted by Crippen LogP contribution is -2.47. The summed E-state index contributed by atoms with van der Waals surface area (Å²) >= 11 is 5.23. The zero-order chi connectivity index (χ0) is 23.2. The third-order valence-corrected chi connectivity index (χ3v) is 5.10. The van der Waals surface area contributed by atoms with E-state index in [-0.39, 0.29) is 5.91 Å². The number of carbonyl (C=O) groups is 1. The number of rotatable bonds is 12. The van der Waals surface area contributed by atoms with Crippen LogP contribution in [0.5, 0.6) is 11.5 Å². The summed E-state index contributed by atoms with van der Waals surface area (Å²) in [4.78, 5) is 14.8. The highest BCUT2D eigenvalue weighted by Gasteiger charge is 2.07. The minimum Gasteiger partial charge on any atom is -0.494 e. The summed E-state index contributed by atoms with van der Waals surface area (Å²) in [6.45, 7) is 11.1. The van der Waals surface area contributed by atoms with Crippen LogP contribution in [0.1, 0.15) is 43.1 Å². The van der Waals surface area contributed by atoms with Gasteiger partial charge in [0.05, 0.1) is 6.61 Å². The van der Waals surface area contributed by atoms with Crippen LogP contribution in [0.25, 0.3) is 0 Å². The van der Waals surface area contributed by atoms with Crippen LogP contribution in [0.2, 0.25) is 0 Å². The Morgan fingerprint density at radius 3 is 2.31 bits per heavy atom.